The van der Waals surface area contributed by atoms with Gasteiger partial charge in [0.15, 0.2) is 0 Å². The molecule has 0 aromatic heterocycles. The molecule has 4 nitrogen and oxygen atoms in total. The van der Waals surface area contributed by atoms with E-state index >= 15 is 0 Å². The molecule has 1 aromatic rings. The molecule has 1 aliphatic heterocycles. The van der Waals surface area contributed by atoms with E-state index in [2.05, 4.69) is 5.32 Å². The second kappa shape index (κ2) is 4.76. The number of hydrogen-bond donors (Lipinski definition) is 1. The van der Waals surface area contributed by atoms with E-state index in [1.807, 2.05) is 19.9 Å². The minimum atomic E-state index is -3.34. The monoisotopic (exact) mass is 254 g/mol. The first kappa shape index (κ1) is 12.5. The number of benzene rings is 1. The number of nitrogens with one attached hydrogen (secondary N) is 1. The van der Waals surface area contributed by atoms with Crippen LogP contribution in [0.5, 0.6) is 0 Å². The highest BCUT2D eigenvalue weighted by Gasteiger charge is 2.30. The maximum Gasteiger partial charge on any atom is 0.243 e. The van der Waals surface area contributed by atoms with Gasteiger partial charge in [-0.25, -0.2) is 8.42 Å². The first-order chi connectivity index (χ1) is 8.01. The van der Waals surface area contributed by atoms with Crippen LogP contribution < -0.4 is 5.32 Å². The molecule has 0 saturated carbocycles. The molecule has 2 rings (SSSR count). The van der Waals surface area contributed by atoms with Crippen molar-refractivity contribution in [2.75, 3.05) is 19.6 Å². The first-order valence-electron chi connectivity index (χ1n) is 5.81. The quantitative estimate of drug-likeness (QED) is 0.856. The Morgan fingerprint density at radius 2 is 2.18 bits per heavy atom. The number of aryl methyl sites for hydroxylation is 1. The van der Waals surface area contributed by atoms with Gasteiger partial charge in [0.1, 0.15) is 0 Å². The summed E-state index contributed by atoms with van der Waals surface area (Å²) in [5.74, 6) is 0. The molecule has 0 radical (unpaired) electrons. The Labute approximate surface area is 103 Å². The molecule has 0 unspecified atom stereocenters. The van der Waals surface area contributed by atoms with Gasteiger partial charge in [-0.15, -0.1) is 0 Å². The van der Waals surface area contributed by atoms with Gasteiger partial charge in [0.05, 0.1) is 4.90 Å². The number of hydrogen-bond acceptors (Lipinski definition) is 3. The Hall–Kier alpha value is -0.910. The summed E-state index contributed by atoms with van der Waals surface area (Å²) in [6, 6.07) is 7.09. The fourth-order valence-corrected chi connectivity index (χ4v) is 3.83. The van der Waals surface area contributed by atoms with Crippen LogP contribution in [0.2, 0.25) is 0 Å². The number of sulfonamides is 1. The van der Waals surface area contributed by atoms with Crippen molar-refractivity contribution in [2.45, 2.75) is 24.8 Å². The van der Waals surface area contributed by atoms with Crippen LogP contribution >= 0.6 is 0 Å². The van der Waals surface area contributed by atoms with Crippen LogP contribution in [0.25, 0.3) is 0 Å². The largest absolute Gasteiger partial charge is 0.314 e. The maximum absolute atomic E-state index is 12.4. The van der Waals surface area contributed by atoms with Gasteiger partial charge in [-0.2, -0.15) is 4.31 Å². The average molecular weight is 254 g/mol. The third kappa shape index (κ3) is 2.51. The highest BCUT2D eigenvalue weighted by atomic mass is 32.2. The molecule has 0 spiro atoms. The van der Waals surface area contributed by atoms with E-state index in [-0.39, 0.29) is 6.04 Å². The third-order valence-electron chi connectivity index (χ3n) is 3.04. The second-order valence-electron chi connectivity index (χ2n) is 4.49. The van der Waals surface area contributed by atoms with E-state index in [9.17, 15) is 8.42 Å². The van der Waals surface area contributed by atoms with Crippen molar-refractivity contribution in [3.05, 3.63) is 29.8 Å². The number of nitrogens with zero attached hydrogens (tertiary/aromatic N) is 1. The fraction of sp³-hybridized carbons (Fsp3) is 0.500. The lowest BCUT2D eigenvalue weighted by Gasteiger charge is -2.32. The van der Waals surface area contributed by atoms with Gasteiger partial charge in [-0.1, -0.05) is 12.1 Å². The topological polar surface area (TPSA) is 49.4 Å². The van der Waals surface area contributed by atoms with Crippen LogP contribution in [0.3, 0.4) is 0 Å². The minimum Gasteiger partial charge on any atom is -0.314 e. The zero-order valence-corrected chi connectivity index (χ0v) is 11.0. The first-order valence-corrected chi connectivity index (χ1v) is 7.25. The van der Waals surface area contributed by atoms with Crippen LogP contribution in [0, 0.1) is 6.92 Å². The van der Waals surface area contributed by atoms with Crippen molar-refractivity contribution in [1.82, 2.24) is 9.62 Å². The van der Waals surface area contributed by atoms with E-state index in [4.69, 9.17) is 0 Å². The summed E-state index contributed by atoms with van der Waals surface area (Å²) >= 11 is 0. The van der Waals surface area contributed by atoms with Gasteiger partial charge in [0.25, 0.3) is 0 Å². The van der Waals surface area contributed by atoms with Gasteiger partial charge in [-0.05, 0) is 31.5 Å². The average Bonchev–Trinajstić information content (AvgIpc) is 2.29. The third-order valence-corrected chi connectivity index (χ3v) is 5.05. The van der Waals surface area contributed by atoms with E-state index in [0.29, 0.717) is 18.0 Å². The maximum atomic E-state index is 12.4. The van der Waals surface area contributed by atoms with Crippen molar-refractivity contribution in [3.63, 3.8) is 0 Å². The summed E-state index contributed by atoms with van der Waals surface area (Å²) in [6.45, 7) is 5.80. The second-order valence-corrected chi connectivity index (χ2v) is 6.38. The molecule has 1 saturated heterocycles. The number of piperazine rings is 1. The Bertz CT molecular complexity index is 499. The van der Waals surface area contributed by atoms with Crippen molar-refractivity contribution in [2.24, 2.45) is 0 Å². The van der Waals surface area contributed by atoms with E-state index in [1.54, 1.807) is 22.5 Å². The molecule has 94 valence electrons. The summed E-state index contributed by atoms with van der Waals surface area (Å²) in [4.78, 5) is 0.395. The molecule has 1 fully saturated rings. The molecule has 1 aliphatic rings. The Balaban J connectivity index is 2.35. The smallest absolute Gasteiger partial charge is 0.243 e. The summed E-state index contributed by atoms with van der Waals surface area (Å²) in [5.41, 5.74) is 0.967. The van der Waals surface area contributed by atoms with Gasteiger partial charge in [0, 0.05) is 25.7 Å². The lowest BCUT2D eigenvalue weighted by atomic mass is 10.2. The predicted molar refractivity (Wildman–Crippen MR) is 67.4 cm³/mol. The summed E-state index contributed by atoms with van der Waals surface area (Å²) in [6.07, 6.45) is 0. The van der Waals surface area contributed by atoms with Gasteiger partial charge < -0.3 is 5.32 Å². The molecule has 0 aliphatic carbocycles. The highest BCUT2D eigenvalue weighted by Crippen LogP contribution is 2.19. The molecule has 0 amide bonds. The van der Waals surface area contributed by atoms with E-state index < -0.39 is 10.0 Å². The molecule has 5 heteroatoms. The molecule has 17 heavy (non-hydrogen) atoms. The summed E-state index contributed by atoms with van der Waals surface area (Å²) in [5, 5.41) is 3.19. The normalized spacial score (nSPS) is 22.6. The molecule has 1 N–H and O–H groups in total. The molecular weight excluding hydrogens is 236 g/mol. The van der Waals surface area contributed by atoms with Gasteiger partial charge in [-0.3, -0.25) is 0 Å². The zero-order valence-electron chi connectivity index (χ0n) is 10.2. The molecular formula is C12H18N2O2S. The van der Waals surface area contributed by atoms with Crippen LogP contribution in [0.1, 0.15) is 12.5 Å². The highest BCUT2D eigenvalue weighted by molar-refractivity contribution is 7.89. The SMILES string of the molecule is Cc1cccc(S(=O)(=O)N2CCNC[C@H]2C)c1. The molecule has 0 bridgehead atoms. The van der Waals surface area contributed by atoms with Crippen molar-refractivity contribution in [1.29, 1.82) is 0 Å². The molecule has 1 atom stereocenters. The Morgan fingerprint density at radius 3 is 2.82 bits per heavy atom. The van der Waals surface area contributed by atoms with E-state index in [0.717, 1.165) is 12.1 Å². The fourth-order valence-electron chi connectivity index (χ4n) is 2.09. The zero-order chi connectivity index (χ0) is 12.5. The lowest BCUT2D eigenvalue weighted by molar-refractivity contribution is 0.284. The van der Waals surface area contributed by atoms with Gasteiger partial charge >= 0.3 is 0 Å². The Kier molecular flexibility index (Phi) is 3.51. The Morgan fingerprint density at radius 1 is 1.41 bits per heavy atom. The summed E-state index contributed by atoms with van der Waals surface area (Å²) < 4.78 is 26.5. The summed E-state index contributed by atoms with van der Waals surface area (Å²) in [7, 11) is -3.34. The standard InChI is InChI=1S/C12H18N2O2S/c1-10-4-3-5-12(8-10)17(15,16)14-7-6-13-9-11(14)2/h3-5,8,11,13H,6-7,9H2,1-2H3/t11-/m1/s1. The predicted octanol–water partition coefficient (Wildman–Crippen LogP) is 0.977. The van der Waals surface area contributed by atoms with Crippen molar-refractivity contribution in [3.8, 4) is 0 Å². The van der Waals surface area contributed by atoms with Crippen LogP contribution in [-0.4, -0.2) is 38.4 Å². The van der Waals surface area contributed by atoms with Gasteiger partial charge in [0.2, 0.25) is 10.0 Å². The van der Waals surface area contributed by atoms with Crippen molar-refractivity contribution < 1.29 is 8.42 Å². The number of rotatable bonds is 2. The lowest BCUT2D eigenvalue weighted by Crippen LogP contribution is -2.52. The van der Waals surface area contributed by atoms with Crippen LogP contribution in [0.15, 0.2) is 29.2 Å². The molecule has 1 heterocycles. The minimum absolute atomic E-state index is 0.00858. The van der Waals surface area contributed by atoms with Crippen LogP contribution in [0.4, 0.5) is 0 Å². The van der Waals surface area contributed by atoms with Crippen molar-refractivity contribution >= 4 is 10.0 Å². The van der Waals surface area contributed by atoms with E-state index in [1.165, 1.54) is 0 Å². The molecule has 1 aromatic carbocycles. The van der Waals surface area contributed by atoms with Crippen LogP contribution in [-0.2, 0) is 10.0 Å².